The predicted octanol–water partition coefficient (Wildman–Crippen LogP) is 2.10. The quantitative estimate of drug-likeness (QED) is 0.154. The van der Waals surface area contributed by atoms with Gasteiger partial charge in [0.15, 0.2) is 0 Å². The van der Waals surface area contributed by atoms with Crippen molar-refractivity contribution in [3.63, 3.8) is 0 Å². The summed E-state index contributed by atoms with van der Waals surface area (Å²) in [5.74, 6) is 0.723. The van der Waals surface area contributed by atoms with Crippen molar-refractivity contribution in [2.75, 3.05) is 5.75 Å². The average molecular weight is 473 g/mol. The Hall–Kier alpha value is 0.689. The first-order valence-corrected chi connectivity index (χ1v) is 11.0. The van der Waals surface area contributed by atoms with Crippen molar-refractivity contribution in [3.8, 4) is 0 Å². The number of amides is 2. The van der Waals surface area contributed by atoms with Crippen LogP contribution in [0.4, 0.5) is 0 Å². The molecule has 1 fully saturated rings. The molecule has 0 bridgehead atoms. The van der Waals surface area contributed by atoms with E-state index in [1.807, 2.05) is 0 Å². The van der Waals surface area contributed by atoms with Gasteiger partial charge in [0, 0.05) is 0 Å². The molecule has 1 heterocycles. The Balaban J connectivity index is 2.18. The van der Waals surface area contributed by atoms with Crippen LogP contribution in [-0.4, -0.2) is 50.8 Å². The number of rotatable bonds is 7. The Labute approximate surface area is 130 Å². The number of halogens is 1. The zero-order chi connectivity index (χ0) is 12.8. The van der Waals surface area contributed by atoms with Gasteiger partial charge in [-0.15, -0.1) is 0 Å². The number of nitrogens with zero attached hydrogens (tertiary/aromatic N) is 1. The molecule has 2 amide bonds. The molecule has 1 N–H and O–H groups in total. The number of carbonyl (C=O) groups excluding carboxylic acids is 2. The molecular weight excluding hydrogens is 458 g/mol. The van der Waals surface area contributed by atoms with Gasteiger partial charge in [0.05, 0.1) is 0 Å². The molecule has 1 rings (SSSR count). The molecule has 0 aromatic rings. The van der Waals surface area contributed by atoms with E-state index in [0.717, 1.165) is 22.3 Å². The van der Waals surface area contributed by atoms with Gasteiger partial charge in [0.25, 0.3) is 0 Å². The van der Waals surface area contributed by atoms with E-state index in [1.165, 1.54) is 7.55 Å². The van der Waals surface area contributed by atoms with Crippen LogP contribution in [0.15, 0.2) is 0 Å². The first-order valence-electron chi connectivity index (χ1n) is 5.51. The van der Waals surface area contributed by atoms with E-state index in [-0.39, 0.29) is 17.1 Å². The van der Waals surface area contributed by atoms with Crippen LogP contribution >= 0.6 is 34.6 Å². The van der Waals surface area contributed by atoms with Gasteiger partial charge in [-0.2, -0.15) is 0 Å². The van der Waals surface area contributed by atoms with Gasteiger partial charge >= 0.3 is 131 Å². The van der Waals surface area contributed by atoms with Gasteiger partial charge in [-0.25, -0.2) is 0 Å². The van der Waals surface area contributed by atoms with Crippen LogP contribution in [0.3, 0.4) is 0 Å². The molecule has 0 aromatic heterocycles. The number of hydrogen-bond acceptors (Lipinski definition) is 4. The summed E-state index contributed by atoms with van der Waals surface area (Å²) in [5.41, 5.74) is 0. The summed E-state index contributed by atoms with van der Waals surface area (Å²) < 4.78 is 3.35. The van der Waals surface area contributed by atoms with Crippen LogP contribution in [0, 0.1) is 5.41 Å². The molecule has 4 nitrogen and oxygen atoms in total. The molecule has 0 aliphatic carbocycles. The van der Waals surface area contributed by atoms with Gasteiger partial charge in [-0.05, 0) is 0 Å². The molecule has 1 aliphatic heterocycles. The molecule has 1 atom stereocenters. The summed E-state index contributed by atoms with van der Waals surface area (Å²) in [4.78, 5) is 22.9. The number of nitrogens with one attached hydrogen (secondary N) is 1. The second-order valence-corrected chi connectivity index (χ2v) is 10.7. The standard InChI is InChI=1S/C8H10IN2O2S.C2H5.Sn/c9-11-7(12)5-6(8(11)13)14-4-2-1-3-10;1-2;/h6,10H,1-2,4-5H2;1H2,2H3;. The van der Waals surface area contributed by atoms with E-state index in [0.29, 0.717) is 6.42 Å². The van der Waals surface area contributed by atoms with Gasteiger partial charge in [-0.3, -0.25) is 0 Å². The third-order valence-corrected chi connectivity index (χ3v) is 7.58. The summed E-state index contributed by atoms with van der Waals surface area (Å²) in [7, 11) is 0. The number of hydrogen-bond donors (Lipinski definition) is 1. The number of carbonyl (C=O) groups is 2. The van der Waals surface area contributed by atoms with Gasteiger partial charge < -0.3 is 0 Å². The van der Waals surface area contributed by atoms with Crippen molar-refractivity contribution < 1.29 is 9.59 Å². The first-order chi connectivity index (χ1) is 8.06. The zero-order valence-electron chi connectivity index (χ0n) is 9.66. The van der Waals surface area contributed by atoms with E-state index >= 15 is 0 Å². The Bertz CT molecular complexity index is 327. The van der Waals surface area contributed by atoms with E-state index in [9.17, 15) is 9.59 Å². The Morgan fingerprint density at radius 1 is 1.65 bits per heavy atom. The van der Waals surface area contributed by atoms with Crippen molar-refractivity contribution in [3.05, 3.63) is 0 Å². The van der Waals surface area contributed by atoms with Gasteiger partial charge in [-0.1, -0.05) is 0 Å². The predicted molar refractivity (Wildman–Crippen MR) is 79.9 cm³/mol. The molecule has 0 aromatic carbocycles. The minimum atomic E-state index is -0.541. The normalized spacial score (nSPS) is 20.1. The second-order valence-electron chi connectivity index (χ2n) is 3.69. The van der Waals surface area contributed by atoms with E-state index in [4.69, 9.17) is 5.41 Å². The Morgan fingerprint density at radius 2 is 2.35 bits per heavy atom. The van der Waals surface area contributed by atoms with Crippen molar-refractivity contribution in [1.82, 2.24) is 3.11 Å². The Kier molecular flexibility index (Phi) is 7.39. The summed E-state index contributed by atoms with van der Waals surface area (Å²) in [5, 5.41) is 7.54. The fourth-order valence-corrected chi connectivity index (χ4v) is 5.54. The third-order valence-electron chi connectivity index (χ3n) is 2.33. The molecule has 7 heteroatoms. The van der Waals surface area contributed by atoms with Gasteiger partial charge in [0.1, 0.15) is 0 Å². The summed E-state index contributed by atoms with van der Waals surface area (Å²) in [6.07, 6.45) is 2.19. The Morgan fingerprint density at radius 3 is 2.88 bits per heavy atom. The molecule has 1 saturated heterocycles. The summed E-state index contributed by atoms with van der Waals surface area (Å²) >= 11 is 2.80. The molecule has 1 aliphatic rings. The SMILES string of the molecule is C[CH2][Sn][C](=N)CCCSC1CC(=O)N(I)C1=O. The molecule has 17 heavy (non-hydrogen) atoms. The van der Waals surface area contributed by atoms with E-state index < -0.39 is 21.1 Å². The maximum atomic E-state index is 11.6. The van der Waals surface area contributed by atoms with Crippen LogP contribution in [-0.2, 0) is 9.59 Å². The van der Waals surface area contributed by atoms with Crippen molar-refractivity contribution in [1.29, 1.82) is 5.41 Å². The molecular formula is C10H15IN2O2SSn. The third kappa shape index (κ3) is 5.06. The molecule has 1 unspecified atom stereocenters. The topological polar surface area (TPSA) is 61.2 Å². The fraction of sp³-hybridized carbons (Fsp3) is 0.700. The summed E-state index contributed by atoms with van der Waals surface area (Å²) in [6, 6.07) is 0. The van der Waals surface area contributed by atoms with E-state index in [1.54, 1.807) is 34.6 Å². The van der Waals surface area contributed by atoms with Crippen molar-refractivity contribution in [2.45, 2.75) is 35.9 Å². The fourth-order valence-electron chi connectivity index (χ4n) is 1.48. The van der Waals surface area contributed by atoms with Crippen LogP contribution in [0.1, 0.15) is 26.2 Å². The van der Waals surface area contributed by atoms with E-state index in [2.05, 4.69) is 6.92 Å². The molecule has 94 valence electrons. The van der Waals surface area contributed by atoms with Crippen molar-refractivity contribution in [2.24, 2.45) is 0 Å². The second kappa shape index (κ2) is 7.98. The molecule has 0 spiro atoms. The van der Waals surface area contributed by atoms with Crippen LogP contribution in [0.5, 0.6) is 0 Å². The maximum absolute atomic E-state index is 11.6. The minimum absolute atomic E-state index is 0.0688. The molecule has 2 radical (unpaired) electrons. The number of imide groups is 1. The van der Waals surface area contributed by atoms with Crippen LogP contribution < -0.4 is 0 Å². The molecule has 0 saturated carbocycles. The zero-order valence-corrected chi connectivity index (χ0v) is 15.5. The number of thioether (sulfide) groups is 1. The summed E-state index contributed by atoms with van der Waals surface area (Å²) in [6.45, 7) is 2.15. The monoisotopic (exact) mass is 474 g/mol. The van der Waals surface area contributed by atoms with Crippen molar-refractivity contribution >= 4 is 71.3 Å². The first kappa shape index (κ1) is 15.7. The van der Waals surface area contributed by atoms with Gasteiger partial charge in [0.2, 0.25) is 0 Å². The van der Waals surface area contributed by atoms with Crippen LogP contribution in [0.2, 0.25) is 4.44 Å². The van der Waals surface area contributed by atoms with Crippen LogP contribution in [0.25, 0.3) is 0 Å². The average Bonchev–Trinajstić information content (AvgIpc) is 2.53.